The van der Waals surface area contributed by atoms with E-state index in [0.717, 1.165) is 45.1 Å². The van der Waals surface area contributed by atoms with E-state index >= 15 is 0 Å². The molecule has 6 heteroatoms. The summed E-state index contributed by atoms with van der Waals surface area (Å²) in [4.78, 5) is 0. The second-order valence-corrected chi connectivity index (χ2v) is 22.0. The molecule has 242 valence electrons. The van der Waals surface area contributed by atoms with Crippen LogP contribution in [-0.2, 0) is 18.7 Å². The van der Waals surface area contributed by atoms with E-state index in [1.807, 2.05) is 0 Å². The lowest BCUT2D eigenvalue weighted by Gasteiger charge is -2.57. The van der Waals surface area contributed by atoms with E-state index in [-0.39, 0.29) is 28.4 Å². The highest BCUT2D eigenvalue weighted by atomic mass is 32.2. The molecule has 0 bridgehead atoms. The fourth-order valence-electron chi connectivity index (χ4n) is 9.82. The van der Waals surface area contributed by atoms with Gasteiger partial charge < -0.3 is 4.43 Å². The van der Waals surface area contributed by atoms with Gasteiger partial charge in [-0.25, -0.2) is 0 Å². The van der Waals surface area contributed by atoms with Crippen LogP contribution in [-0.4, -0.2) is 36.2 Å². The maximum absolute atomic E-state index is 12.2. The van der Waals surface area contributed by atoms with Crippen LogP contribution in [0.2, 0.25) is 5.04 Å². The molecule has 0 N–H and O–H groups in total. The third-order valence-electron chi connectivity index (χ3n) is 12.4. The Balaban J connectivity index is 1.58. The summed E-state index contributed by atoms with van der Waals surface area (Å²) in [5.74, 6) is 2.09. The molecule has 3 aliphatic rings. The highest BCUT2D eigenvalue weighted by molar-refractivity contribution is 7.85. The molecule has 0 aromatic heterocycles. The molecule has 0 unspecified atom stereocenters. The van der Waals surface area contributed by atoms with Gasteiger partial charge >= 0.3 is 0 Å². The van der Waals surface area contributed by atoms with E-state index < -0.39 is 18.4 Å². The van der Waals surface area contributed by atoms with Crippen molar-refractivity contribution in [1.29, 1.82) is 0 Å². The summed E-state index contributed by atoms with van der Waals surface area (Å²) in [5, 5.41) is 2.56. The van der Waals surface area contributed by atoms with Gasteiger partial charge in [-0.05, 0) is 94.4 Å². The van der Waals surface area contributed by atoms with Gasteiger partial charge in [0.1, 0.15) is 0 Å². The fraction of sp³-hybridized carbons (Fsp3) is 0.632. The Labute approximate surface area is 269 Å². The van der Waals surface area contributed by atoms with Gasteiger partial charge in [-0.15, -0.1) is 0 Å². The summed E-state index contributed by atoms with van der Waals surface area (Å²) in [6, 6.07) is 22.0. The average molecular weight is 637 g/mol. The van der Waals surface area contributed by atoms with Gasteiger partial charge in [0.25, 0.3) is 18.4 Å². The molecular formula is C38H56O4SSi. The molecular weight excluding hydrogens is 581 g/mol. The Morgan fingerprint density at radius 1 is 0.886 bits per heavy atom. The van der Waals surface area contributed by atoms with Gasteiger partial charge in [0.15, 0.2) is 0 Å². The monoisotopic (exact) mass is 636 g/mol. The molecule has 0 heterocycles. The highest BCUT2D eigenvalue weighted by Crippen LogP contribution is 2.64. The number of hydrogen-bond acceptors (Lipinski definition) is 4. The van der Waals surface area contributed by atoms with Crippen LogP contribution in [0.15, 0.2) is 72.8 Å². The van der Waals surface area contributed by atoms with Crippen LogP contribution in [0.4, 0.5) is 0 Å². The van der Waals surface area contributed by atoms with Crippen molar-refractivity contribution in [3.8, 4) is 0 Å². The smallest absolute Gasteiger partial charge is 0.264 e. The van der Waals surface area contributed by atoms with Crippen LogP contribution in [0.3, 0.4) is 0 Å². The molecule has 3 saturated carbocycles. The molecule has 0 saturated heterocycles. The van der Waals surface area contributed by atoms with Crippen molar-refractivity contribution >= 4 is 28.8 Å². The molecule has 0 amide bonds. The maximum Gasteiger partial charge on any atom is 0.264 e. The summed E-state index contributed by atoms with van der Waals surface area (Å²) in [5.41, 5.74) is 1.53. The van der Waals surface area contributed by atoms with Crippen LogP contribution >= 0.6 is 0 Å². The number of fused-ring (bicyclic) bond motifs is 1. The molecule has 0 radical (unpaired) electrons. The van der Waals surface area contributed by atoms with Crippen LogP contribution < -0.4 is 10.4 Å². The van der Waals surface area contributed by atoms with E-state index in [1.165, 1.54) is 28.6 Å². The third-order valence-corrected chi connectivity index (χ3v) is 18.0. The Bertz CT molecular complexity index is 1360. The van der Waals surface area contributed by atoms with Gasteiger partial charge in [0.05, 0.1) is 12.9 Å². The summed E-state index contributed by atoms with van der Waals surface area (Å²) in [6.07, 6.45) is 9.03. The first kappa shape index (κ1) is 33.6. The van der Waals surface area contributed by atoms with Crippen LogP contribution in [0, 0.1) is 40.4 Å². The Hall–Kier alpha value is -1.73. The van der Waals surface area contributed by atoms with E-state index in [4.69, 9.17) is 8.61 Å². The maximum atomic E-state index is 12.2. The van der Waals surface area contributed by atoms with Gasteiger partial charge in [-0.2, -0.15) is 8.42 Å². The Kier molecular flexibility index (Phi) is 9.53. The topological polar surface area (TPSA) is 52.6 Å². The van der Waals surface area contributed by atoms with E-state index in [9.17, 15) is 8.42 Å². The van der Waals surface area contributed by atoms with E-state index in [0.29, 0.717) is 23.7 Å². The Morgan fingerprint density at radius 2 is 1.48 bits per heavy atom. The van der Waals surface area contributed by atoms with Crippen molar-refractivity contribution in [1.82, 2.24) is 0 Å². The lowest BCUT2D eigenvalue weighted by Crippen LogP contribution is -2.67. The molecule has 7 atom stereocenters. The van der Waals surface area contributed by atoms with Gasteiger partial charge in [0.2, 0.25) is 0 Å². The van der Waals surface area contributed by atoms with E-state index in [2.05, 4.69) is 109 Å². The minimum absolute atomic E-state index is 0.0120. The predicted octanol–water partition coefficient (Wildman–Crippen LogP) is 7.98. The first-order chi connectivity index (χ1) is 20.6. The SMILES string of the molecule is C=C1CC[C@H]2[C@H](CO[Si](c3ccccc3)(c3ccccc3)C(C)(C)C)[C@@H]([C@@]3(C)CC[C@H](C)C[C@@H]3COS(C)(=O)=O)CC[C@]12C. The Morgan fingerprint density at radius 3 is 2.02 bits per heavy atom. The molecule has 2 aromatic rings. The predicted molar refractivity (Wildman–Crippen MR) is 185 cm³/mol. The highest BCUT2D eigenvalue weighted by Gasteiger charge is 2.58. The van der Waals surface area contributed by atoms with Gasteiger partial charge in [0, 0.05) is 6.61 Å². The summed E-state index contributed by atoms with van der Waals surface area (Å²) in [6.45, 7) is 19.9. The van der Waals surface area contributed by atoms with Crippen molar-refractivity contribution in [3.63, 3.8) is 0 Å². The standard InChI is InChI=1S/C38H56O4SSi/c1-28-21-23-38(7,30(25-28)26-41-43(8,39)40)35-22-24-37(6)29(2)19-20-34(37)33(35)27-42-44(36(3,4)5,31-15-11-9-12-16-31)32-17-13-10-14-18-32/h9-18,28,30,33-35H,2,19-27H2,1,3-8H3/t28-,30+,33-,34-,35-,37+,38-/m0/s1. The molecule has 2 aromatic carbocycles. The molecule has 0 aliphatic heterocycles. The van der Waals surface area contributed by atoms with Crippen LogP contribution in [0.25, 0.3) is 0 Å². The molecule has 5 rings (SSSR count). The van der Waals surface area contributed by atoms with Gasteiger partial charge in [-0.1, -0.05) is 121 Å². The number of rotatable bonds is 9. The number of hydrogen-bond donors (Lipinski definition) is 0. The average Bonchev–Trinajstić information content (AvgIpc) is 3.28. The second kappa shape index (κ2) is 12.5. The molecule has 3 fully saturated rings. The second-order valence-electron chi connectivity index (χ2n) is 16.0. The molecule has 44 heavy (non-hydrogen) atoms. The number of benzene rings is 2. The lowest BCUT2D eigenvalue weighted by molar-refractivity contribution is -0.0881. The zero-order valence-corrected chi connectivity index (χ0v) is 30.1. The van der Waals surface area contributed by atoms with Crippen LogP contribution in [0.1, 0.15) is 86.5 Å². The summed E-state index contributed by atoms with van der Waals surface area (Å²) < 4.78 is 37.6. The zero-order valence-electron chi connectivity index (χ0n) is 28.3. The van der Waals surface area contributed by atoms with Crippen molar-refractivity contribution in [2.24, 2.45) is 40.4 Å². The fourth-order valence-corrected chi connectivity index (χ4v) is 14.8. The zero-order chi connectivity index (χ0) is 32.0. The van der Waals surface area contributed by atoms with Crippen molar-refractivity contribution in [2.75, 3.05) is 19.5 Å². The minimum Gasteiger partial charge on any atom is -0.407 e. The van der Waals surface area contributed by atoms with Crippen molar-refractivity contribution in [3.05, 3.63) is 72.8 Å². The van der Waals surface area contributed by atoms with Crippen LogP contribution in [0.5, 0.6) is 0 Å². The molecule has 3 aliphatic carbocycles. The quantitative estimate of drug-likeness (QED) is 0.159. The van der Waals surface area contributed by atoms with Gasteiger partial charge in [-0.3, -0.25) is 4.18 Å². The first-order valence-corrected chi connectivity index (χ1v) is 20.6. The van der Waals surface area contributed by atoms with E-state index in [1.54, 1.807) is 0 Å². The normalized spacial score (nSPS) is 33.2. The number of allylic oxidation sites excluding steroid dienone is 1. The van der Waals surface area contributed by atoms with Crippen molar-refractivity contribution in [2.45, 2.75) is 91.5 Å². The third kappa shape index (κ3) is 6.18. The summed E-state index contributed by atoms with van der Waals surface area (Å²) >= 11 is 0. The minimum atomic E-state index is -3.50. The largest absolute Gasteiger partial charge is 0.407 e. The summed E-state index contributed by atoms with van der Waals surface area (Å²) in [7, 11) is -6.22. The molecule has 4 nitrogen and oxygen atoms in total. The lowest BCUT2D eigenvalue weighted by atomic mass is 9.49. The van der Waals surface area contributed by atoms with Crippen molar-refractivity contribution < 1.29 is 17.0 Å². The first-order valence-electron chi connectivity index (χ1n) is 16.9. The molecule has 0 spiro atoms.